The molecule has 0 saturated carbocycles. The van der Waals surface area contributed by atoms with Crippen molar-refractivity contribution in [1.29, 1.82) is 0 Å². The Morgan fingerprint density at radius 3 is 2.90 bits per heavy atom. The van der Waals surface area contributed by atoms with Gasteiger partial charge < -0.3 is 0 Å². The quantitative estimate of drug-likeness (QED) is 0.750. The molecule has 20 heavy (non-hydrogen) atoms. The standard InChI is InChI=1S/C14H14N4S2/c1-9-6-12(20-10(9)2)8-18-13(16-17-14(18)19)11-4-3-5-15-7-11/h3-7H,8H2,1-2H3,(H,17,19). The first kappa shape index (κ1) is 13.2. The summed E-state index contributed by atoms with van der Waals surface area (Å²) in [5, 5.41) is 7.19. The van der Waals surface area contributed by atoms with Gasteiger partial charge in [-0.15, -0.1) is 11.3 Å². The van der Waals surface area contributed by atoms with Gasteiger partial charge in [0.2, 0.25) is 0 Å². The van der Waals surface area contributed by atoms with E-state index in [0.29, 0.717) is 4.77 Å². The molecule has 0 atom stereocenters. The van der Waals surface area contributed by atoms with Gasteiger partial charge in [0.05, 0.1) is 6.54 Å². The predicted octanol–water partition coefficient (Wildman–Crippen LogP) is 3.73. The average molecular weight is 302 g/mol. The van der Waals surface area contributed by atoms with Crippen LogP contribution in [0.2, 0.25) is 0 Å². The summed E-state index contributed by atoms with van der Waals surface area (Å²) in [5.41, 5.74) is 2.28. The van der Waals surface area contributed by atoms with E-state index in [1.165, 1.54) is 15.3 Å². The maximum Gasteiger partial charge on any atom is 0.195 e. The van der Waals surface area contributed by atoms with Gasteiger partial charge in [-0.2, -0.15) is 5.10 Å². The van der Waals surface area contributed by atoms with E-state index in [-0.39, 0.29) is 0 Å². The Morgan fingerprint density at radius 2 is 2.25 bits per heavy atom. The van der Waals surface area contributed by atoms with Gasteiger partial charge in [-0.05, 0) is 49.8 Å². The normalized spacial score (nSPS) is 10.9. The number of aromatic amines is 1. The fraction of sp³-hybridized carbons (Fsp3) is 0.214. The third-order valence-corrected chi connectivity index (χ3v) is 4.66. The minimum atomic E-state index is 0.632. The molecule has 0 spiro atoms. The Balaban J connectivity index is 2.02. The highest BCUT2D eigenvalue weighted by Gasteiger charge is 2.11. The van der Waals surface area contributed by atoms with Crippen molar-refractivity contribution in [2.24, 2.45) is 0 Å². The zero-order valence-electron chi connectivity index (χ0n) is 11.3. The minimum Gasteiger partial charge on any atom is -0.295 e. The van der Waals surface area contributed by atoms with Crippen molar-refractivity contribution in [3.8, 4) is 11.4 Å². The molecule has 0 radical (unpaired) electrons. The summed E-state index contributed by atoms with van der Waals surface area (Å²) in [5.74, 6) is 0.826. The molecule has 0 saturated heterocycles. The topological polar surface area (TPSA) is 46.5 Å². The van der Waals surface area contributed by atoms with Crippen molar-refractivity contribution < 1.29 is 0 Å². The van der Waals surface area contributed by atoms with Crippen LogP contribution in [0.1, 0.15) is 15.3 Å². The molecule has 3 heterocycles. The van der Waals surface area contributed by atoms with Crippen LogP contribution in [0.25, 0.3) is 11.4 Å². The second-order valence-corrected chi connectivity index (χ2v) is 6.36. The van der Waals surface area contributed by atoms with Crippen molar-refractivity contribution in [1.82, 2.24) is 19.7 Å². The number of nitrogens with one attached hydrogen (secondary N) is 1. The molecule has 0 unspecified atom stereocenters. The lowest BCUT2D eigenvalue weighted by atomic mass is 10.2. The van der Waals surface area contributed by atoms with Crippen LogP contribution >= 0.6 is 23.6 Å². The van der Waals surface area contributed by atoms with Crippen LogP contribution in [0.4, 0.5) is 0 Å². The first-order valence-corrected chi connectivity index (χ1v) is 7.49. The summed E-state index contributed by atoms with van der Waals surface area (Å²) in [6.45, 7) is 5.01. The summed E-state index contributed by atoms with van der Waals surface area (Å²) in [6.07, 6.45) is 3.55. The average Bonchev–Trinajstić information content (AvgIpc) is 2.96. The molecule has 0 aliphatic heterocycles. The number of H-pyrrole nitrogens is 1. The number of hydrogen-bond acceptors (Lipinski definition) is 4. The number of pyridine rings is 1. The molecule has 0 aliphatic carbocycles. The molecule has 0 aromatic carbocycles. The van der Waals surface area contributed by atoms with Crippen molar-refractivity contribution in [2.75, 3.05) is 0 Å². The summed E-state index contributed by atoms with van der Waals surface area (Å²) in [7, 11) is 0. The number of aryl methyl sites for hydroxylation is 2. The van der Waals surface area contributed by atoms with E-state index in [1.54, 1.807) is 23.7 Å². The fourth-order valence-corrected chi connectivity index (χ4v) is 3.30. The molecule has 3 rings (SSSR count). The molecule has 0 amide bonds. The molecule has 6 heteroatoms. The van der Waals surface area contributed by atoms with Crippen LogP contribution in [-0.4, -0.2) is 19.7 Å². The zero-order chi connectivity index (χ0) is 14.1. The van der Waals surface area contributed by atoms with Crippen LogP contribution in [0, 0.1) is 18.6 Å². The number of rotatable bonds is 3. The van der Waals surface area contributed by atoms with Gasteiger partial charge in [0.1, 0.15) is 0 Å². The van der Waals surface area contributed by atoms with Crippen LogP contribution in [0.15, 0.2) is 30.6 Å². The van der Waals surface area contributed by atoms with Crippen molar-refractivity contribution >= 4 is 23.6 Å². The first-order valence-electron chi connectivity index (χ1n) is 6.26. The molecule has 102 valence electrons. The van der Waals surface area contributed by atoms with Gasteiger partial charge in [-0.1, -0.05) is 0 Å². The molecule has 4 nitrogen and oxygen atoms in total. The summed E-state index contributed by atoms with van der Waals surface area (Å²) in [4.78, 5) is 6.76. The zero-order valence-corrected chi connectivity index (χ0v) is 12.9. The van der Waals surface area contributed by atoms with Crippen LogP contribution in [-0.2, 0) is 6.54 Å². The van der Waals surface area contributed by atoms with Crippen molar-refractivity contribution in [3.63, 3.8) is 0 Å². The Hall–Kier alpha value is -1.79. The maximum absolute atomic E-state index is 5.34. The smallest absolute Gasteiger partial charge is 0.195 e. The number of aromatic nitrogens is 4. The largest absolute Gasteiger partial charge is 0.295 e. The molecule has 0 fully saturated rings. The Labute approximate surface area is 126 Å². The van der Waals surface area contributed by atoms with Gasteiger partial charge in [0.25, 0.3) is 0 Å². The fourth-order valence-electron chi connectivity index (χ4n) is 2.06. The van der Waals surface area contributed by atoms with Crippen LogP contribution in [0.3, 0.4) is 0 Å². The highest BCUT2D eigenvalue weighted by atomic mass is 32.1. The van der Waals surface area contributed by atoms with E-state index in [9.17, 15) is 0 Å². The first-order chi connectivity index (χ1) is 9.65. The van der Waals surface area contributed by atoms with E-state index in [2.05, 4.69) is 35.1 Å². The number of hydrogen-bond donors (Lipinski definition) is 1. The molecular formula is C14H14N4S2. The molecule has 1 N–H and O–H groups in total. The van der Waals surface area contributed by atoms with Gasteiger partial charge in [0.15, 0.2) is 10.6 Å². The van der Waals surface area contributed by atoms with Crippen molar-refractivity contribution in [2.45, 2.75) is 20.4 Å². The van der Waals surface area contributed by atoms with Gasteiger partial charge >= 0.3 is 0 Å². The Bertz CT molecular complexity index is 764. The van der Waals surface area contributed by atoms with E-state index in [0.717, 1.165) is 17.9 Å². The molecule has 0 bridgehead atoms. The number of nitrogens with zero attached hydrogens (tertiary/aromatic N) is 3. The van der Waals surface area contributed by atoms with E-state index < -0.39 is 0 Å². The third-order valence-electron chi connectivity index (χ3n) is 3.21. The van der Waals surface area contributed by atoms with Crippen LogP contribution in [0.5, 0.6) is 0 Å². The summed E-state index contributed by atoms with van der Waals surface area (Å²) >= 11 is 7.14. The summed E-state index contributed by atoms with van der Waals surface area (Å²) < 4.78 is 2.64. The SMILES string of the molecule is Cc1cc(Cn2c(-c3cccnc3)n[nH]c2=S)sc1C. The molecule has 0 aliphatic rings. The second-order valence-electron chi connectivity index (χ2n) is 4.63. The monoisotopic (exact) mass is 302 g/mol. The Morgan fingerprint density at radius 1 is 1.40 bits per heavy atom. The molecule has 3 aromatic heterocycles. The van der Waals surface area contributed by atoms with E-state index in [1.807, 2.05) is 16.7 Å². The Kier molecular flexibility index (Phi) is 3.50. The van der Waals surface area contributed by atoms with Gasteiger partial charge in [0, 0.05) is 27.7 Å². The number of thiophene rings is 1. The third kappa shape index (κ3) is 2.44. The maximum atomic E-state index is 5.34. The lowest BCUT2D eigenvalue weighted by molar-refractivity contribution is 0.801. The molecular weight excluding hydrogens is 288 g/mol. The van der Waals surface area contributed by atoms with Crippen LogP contribution < -0.4 is 0 Å². The second kappa shape index (κ2) is 5.30. The van der Waals surface area contributed by atoms with Crippen molar-refractivity contribution in [3.05, 3.63) is 50.7 Å². The van der Waals surface area contributed by atoms with E-state index in [4.69, 9.17) is 12.2 Å². The van der Waals surface area contributed by atoms with Gasteiger partial charge in [-0.3, -0.25) is 14.6 Å². The van der Waals surface area contributed by atoms with E-state index >= 15 is 0 Å². The highest BCUT2D eigenvalue weighted by Crippen LogP contribution is 2.24. The lowest BCUT2D eigenvalue weighted by Crippen LogP contribution is -2.01. The highest BCUT2D eigenvalue weighted by molar-refractivity contribution is 7.71. The van der Waals surface area contributed by atoms with Gasteiger partial charge in [-0.25, -0.2) is 0 Å². The summed E-state index contributed by atoms with van der Waals surface area (Å²) in [6, 6.07) is 6.10. The lowest BCUT2D eigenvalue weighted by Gasteiger charge is -2.04. The molecule has 3 aromatic rings. The minimum absolute atomic E-state index is 0.632. The predicted molar refractivity (Wildman–Crippen MR) is 83.5 cm³/mol.